The molecule has 5 nitrogen and oxygen atoms in total. The highest BCUT2D eigenvalue weighted by atomic mass is 32.2. The third kappa shape index (κ3) is 4.68. The molecule has 1 atom stereocenters. The molecule has 0 fully saturated rings. The van der Waals surface area contributed by atoms with Gasteiger partial charge in [0, 0.05) is 6.54 Å². The summed E-state index contributed by atoms with van der Waals surface area (Å²) in [5.74, 6) is 0. The Morgan fingerprint density at radius 2 is 1.84 bits per heavy atom. The standard InChI is InChI=1S/C18H25NO4S2/c1-12-9-13(2)15(4)18(14(12)3)25(21,22)19-10-17(23-7-6-20)16-5-8-24-11-16/h5,8-9,11,17,19-20H,6-7,10H2,1-4H3. The van der Waals surface area contributed by atoms with E-state index in [2.05, 4.69) is 4.72 Å². The van der Waals surface area contributed by atoms with Crippen LogP contribution in [0.4, 0.5) is 0 Å². The fourth-order valence-electron chi connectivity index (χ4n) is 2.77. The van der Waals surface area contributed by atoms with Gasteiger partial charge in [-0.3, -0.25) is 0 Å². The monoisotopic (exact) mass is 383 g/mol. The van der Waals surface area contributed by atoms with E-state index < -0.39 is 16.1 Å². The molecule has 0 amide bonds. The normalized spacial score (nSPS) is 13.2. The molecule has 1 unspecified atom stereocenters. The van der Waals surface area contributed by atoms with E-state index >= 15 is 0 Å². The third-order valence-electron chi connectivity index (χ3n) is 4.35. The summed E-state index contributed by atoms with van der Waals surface area (Å²) < 4.78 is 34.1. The lowest BCUT2D eigenvalue weighted by molar-refractivity contribution is 0.0311. The molecule has 0 bridgehead atoms. The van der Waals surface area contributed by atoms with Crippen LogP contribution in [0.5, 0.6) is 0 Å². The van der Waals surface area contributed by atoms with Gasteiger partial charge in [-0.1, -0.05) is 6.07 Å². The van der Waals surface area contributed by atoms with Crippen LogP contribution in [0.15, 0.2) is 27.8 Å². The molecule has 0 saturated heterocycles. The van der Waals surface area contributed by atoms with E-state index in [1.165, 1.54) is 11.3 Å². The van der Waals surface area contributed by atoms with Crippen LogP contribution in [-0.2, 0) is 14.8 Å². The van der Waals surface area contributed by atoms with Crippen molar-refractivity contribution in [3.63, 3.8) is 0 Å². The maximum Gasteiger partial charge on any atom is 0.241 e. The molecule has 0 aliphatic rings. The van der Waals surface area contributed by atoms with Gasteiger partial charge in [0.15, 0.2) is 0 Å². The molecular formula is C18H25NO4S2. The SMILES string of the molecule is Cc1cc(C)c(C)c(S(=O)(=O)NCC(OCCO)c2ccsc2)c1C. The minimum absolute atomic E-state index is 0.108. The van der Waals surface area contributed by atoms with Crippen molar-refractivity contribution in [2.24, 2.45) is 0 Å². The molecule has 0 saturated carbocycles. The van der Waals surface area contributed by atoms with Gasteiger partial charge in [0.25, 0.3) is 0 Å². The summed E-state index contributed by atoms with van der Waals surface area (Å²) in [7, 11) is -3.67. The fraction of sp³-hybridized carbons (Fsp3) is 0.444. The van der Waals surface area contributed by atoms with Crippen molar-refractivity contribution in [1.82, 2.24) is 4.72 Å². The van der Waals surface area contributed by atoms with Crippen LogP contribution in [0.25, 0.3) is 0 Å². The molecule has 1 aromatic carbocycles. The quantitative estimate of drug-likeness (QED) is 0.735. The van der Waals surface area contributed by atoms with Gasteiger partial charge in [0.2, 0.25) is 10.0 Å². The third-order valence-corrected chi connectivity index (χ3v) is 6.75. The number of aliphatic hydroxyl groups is 1. The number of benzene rings is 1. The molecule has 2 rings (SSSR count). The molecule has 0 aliphatic heterocycles. The van der Waals surface area contributed by atoms with Gasteiger partial charge >= 0.3 is 0 Å². The molecule has 25 heavy (non-hydrogen) atoms. The van der Waals surface area contributed by atoms with Gasteiger partial charge in [-0.05, 0) is 72.3 Å². The molecular weight excluding hydrogens is 358 g/mol. The predicted octanol–water partition coefficient (Wildman–Crippen LogP) is 3.01. The first-order chi connectivity index (χ1) is 11.8. The molecule has 1 heterocycles. The second-order valence-corrected chi connectivity index (χ2v) is 8.56. The lowest BCUT2D eigenvalue weighted by atomic mass is 10.0. The molecule has 138 valence electrons. The van der Waals surface area contributed by atoms with Crippen molar-refractivity contribution in [3.05, 3.63) is 50.7 Å². The van der Waals surface area contributed by atoms with Crippen LogP contribution >= 0.6 is 11.3 Å². The Bertz CT molecular complexity index is 788. The number of thiophene rings is 1. The minimum atomic E-state index is -3.67. The summed E-state index contributed by atoms with van der Waals surface area (Å²) in [6, 6.07) is 3.90. The van der Waals surface area contributed by atoms with E-state index in [1.807, 2.05) is 50.6 Å². The van der Waals surface area contributed by atoms with Crippen molar-refractivity contribution in [1.29, 1.82) is 0 Å². The van der Waals surface area contributed by atoms with Gasteiger partial charge in [-0.2, -0.15) is 11.3 Å². The number of hydrogen-bond donors (Lipinski definition) is 2. The summed E-state index contributed by atoms with van der Waals surface area (Å²) in [5, 5.41) is 12.8. The molecule has 2 aromatic rings. The van der Waals surface area contributed by atoms with Crippen LogP contribution in [0.2, 0.25) is 0 Å². The van der Waals surface area contributed by atoms with Gasteiger partial charge in [0.1, 0.15) is 0 Å². The molecule has 7 heteroatoms. The van der Waals surface area contributed by atoms with E-state index in [4.69, 9.17) is 9.84 Å². The van der Waals surface area contributed by atoms with E-state index in [-0.39, 0.29) is 19.8 Å². The minimum Gasteiger partial charge on any atom is -0.394 e. The van der Waals surface area contributed by atoms with Crippen molar-refractivity contribution in [2.45, 2.75) is 38.7 Å². The second-order valence-electron chi connectivity index (χ2n) is 6.08. The van der Waals surface area contributed by atoms with Gasteiger partial charge in [-0.25, -0.2) is 13.1 Å². The molecule has 0 aliphatic carbocycles. The number of aryl methyl sites for hydroxylation is 2. The van der Waals surface area contributed by atoms with Gasteiger partial charge < -0.3 is 9.84 Å². The van der Waals surface area contributed by atoms with Crippen molar-refractivity contribution in [2.75, 3.05) is 19.8 Å². The fourth-order valence-corrected chi connectivity index (χ4v) is 5.11. The highest BCUT2D eigenvalue weighted by molar-refractivity contribution is 7.89. The maximum atomic E-state index is 12.9. The van der Waals surface area contributed by atoms with Crippen LogP contribution in [0.1, 0.15) is 33.9 Å². The summed E-state index contributed by atoms with van der Waals surface area (Å²) in [4.78, 5) is 0.344. The van der Waals surface area contributed by atoms with Crippen molar-refractivity contribution >= 4 is 21.4 Å². The number of sulfonamides is 1. The van der Waals surface area contributed by atoms with Crippen LogP contribution < -0.4 is 4.72 Å². The summed E-state index contributed by atoms with van der Waals surface area (Å²) >= 11 is 1.52. The topological polar surface area (TPSA) is 75.6 Å². The zero-order valence-corrected chi connectivity index (χ0v) is 16.6. The maximum absolute atomic E-state index is 12.9. The van der Waals surface area contributed by atoms with E-state index in [0.29, 0.717) is 4.90 Å². The van der Waals surface area contributed by atoms with Crippen LogP contribution in [0, 0.1) is 27.7 Å². The highest BCUT2D eigenvalue weighted by Gasteiger charge is 2.24. The molecule has 2 N–H and O–H groups in total. The zero-order chi connectivity index (χ0) is 18.6. The number of hydrogen-bond acceptors (Lipinski definition) is 5. The Labute approximate surface area is 153 Å². The summed E-state index contributed by atoms with van der Waals surface area (Å²) in [5.41, 5.74) is 4.33. The smallest absolute Gasteiger partial charge is 0.241 e. The number of rotatable bonds is 8. The molecule has 0 spiro atoms. The van der Waals surface area contributed by atoms with Crippen molar-refractivity contribution in [3.8, 4) is 0 Å². The van der Waals surface area contributed by atoms with E-state index in [1.54, 1.807) is 0 Å². The number of ether oxygens (including phenoxy) is 1. The second kappa shape index (κ2) is 8.42. The highest BCUT2D eigenvalue weighted by Crippen LogP contribution is 2.27. The predicted molar refractivity (Wildman–Crippen MR) is 101 cm³/mol. The van der Waals surface area contributed by atoms with Gasteiger partial charge in [0.05, 0.1) is 24.2 Å². The molecule has 1 aromatic heterocycles. The average Bonchev–Trinajstić information content (AvgIpc) is 3.07. The van der Waals surface area contributed by atoms with Crippen LogP contribution in [-0.4, -0.2) is 33.3 Å². The first-order valence-electron chi connectivity index (χ1n) is 8.09. The average molecular weight is 384 g/mol. The Morgan fingerprint density at radius 1 is 1.20 bits per heavy atom. The lowest BCUT2D eigenvalue weighted by Crippen LogP contribution is -2.31. The van der Waals surface area contributed by atoms with E-state index in [0.717, 1.165) is 27.8 Å². The Morgan fingerprint density at radius 3 is 2.36 bits per heavy atom. The lowest BCUT2D eigenvalue weighted by Gasteiger charge is -2.20. The Kier molecular flexibility index (Phi) is 6.76. The first-order valence-corrected chi connectivity index (χ1v) is 10.5. The summed E-state index contributed by atoms with van der Waals surface area (Å²) in [6.45, 7) is 7.65. The number of aliphatic hydroxyl groups excluding tert-OH is 1. The van der Waals surface area contributed by atoms with Crippen molar-refractivity contribution < 1.29 is 18.3 Å². The Balaban J connectivity index is 2.26. The summed E-state index contributed by atoms with van der Waals surface area (Å²) in [6.07, 6.45) is -0.431. The Hall–Kier alpha value is -1.25. The van der Waals surface area contributed by atoms with E-state index in [9.17, 15) is 8.42 Å². The number of nitrogens with one attached hydrogen (secondary N) is 1. The largest absolute Gasteiger partial charge is 0.394 e. The van der Waals surface area contributed by atoms with Gasteiger partial charge in [-0.15, -0.1) is 0 Å². The first kappa shape index (κ1) is 20.1. The zero-order valence-electron chi connectivity index (χ0n) is 15.0. The molecule has 0 radical (unpaired) electrons. The van der Waals surface area contributed by atoms with Crippen LogP contribution in [0.3, 0.4) is 0 Å².